The average Bonchev–Trinajstić information content (AvgIpc) is 3.12. The molecule has 0 radical (unpaired) electrons. The predicted octanol–water partition coefficient (Wildman–Crippen LogP) is 2.24. The van der Waals surface area contributed by atoms with E-state index in [1.54, 1.807) is 6.20 Å². The van der Waals surface area contributed by atoms with Crippen LogP contribution in [0.2, 0.25) is 0 Å². The van der Waals surface area contributed by atoms with Crippen LogP contribution in [-0.2, 0) is 4.74 Å². The smallest absolute Gasteiger partial charge is 0.270 e. The van der Waals surface area contributed by atoms with Crippen LogP contribution in [0.4, 0.5) is 5.95 Å². The number of carbonyl (C=O) groups excluding carboxylic acids is 1. The maximum Gasteiger partial charge on any atom is 0.270 e. The summed E-state index contributed by atoms with van der Waals surface area (Å²) in [5.74, 6) is 0.613. The van der Waals surface area contributed by atoms with Gasteiger partial charge in [0.15, 0.2) is 0 Å². The molecule has 3 heterocycles. The van der Waals surface area contributed by atoms with Crippen LogP contribution in [-0.4, -0.2) is 59.6 Å². The Morgan fingerprint density at radius 2 is 2.15 bits per heavy atom. The SMILES string of the molecule is CN(C)c1nccc([C@@H]2CN(C(=O)c3cc4ccccc4[nH]3)CCO2)n1. The van der Waals surface area contributed by atoms with Gasteiger partial charge in [0.25, 0.3) is 5.91 Å². The molecule has 3 aromatic rings. The van der Waals surface area contributed by atoms with Crippen LogP contribution < -0.4 is 4.90 Å². The number of nitrogens with zero attached hydrogens (tertiary/aromatic N) is 4. The highest BCUT2D eigenvalue weighted by molar-refractivity contribution is 5.98. The number of aromatic amines is 1. The molecule has 1 aliphatic heterocycles. The fourth-order valence-corrected chi connectivity index (χ4v) is 3.13. The Bertz CT molecular complexity index is 903. The maximum atomic E-state index is 12.9. The first-order chi connectivity index (χ1) is 12.6. The standard InChI is InChI=1S/C19H21N5O2/c1-23(2)19-20-8-7-15(22-19)17-12-24(9-10-26-17)18(25)16-11-13-5-3-4-6-14(13)21-16/h3-8,11,17,21H,9-10,12H2,1-2H3/t17-/m0/s1. The van der Waals surface area contributed by atoms with Crippen LogP contribution >= 0.6 is 0 Å². The first-order valence-corrected chi connectivity index (χ1v) is 8.61. The number of nitrogens with one attached hydrogen (secondary N) is 1. The maximum absolute atomic E-state index is 12.9. The quantitative estimate of drug-likeness (QED) is 0.783. The second-order valence-electron chi connectivity index (χ2n) is 6.56. The third-order valence-electron chi connectivity index (χ3n) is 4.51. The molecule has 7 heteroatoms. The number of anilines is 1. The lowest BCUT2D eigenvalue weighted by molar-refractivity contribution is -0.0248. The third kappa shape index (κ3) is 3.13. The molecule has 0 spiro atoms. The highest BCUT2D eigenvalue weighted by Gasteiger charge is 2.28. The summed E-state index contributed by atoms with van der Waals surface area (Å²) in [6, 6.07) is 11.6. The van der Waals surface area contributed by atoms with Gasteiger partial charge in [-0.3, -0.25) is 4.79 Å². The zero-order valence-corrected chi connectivity index (χ0v) is 14.8. The van der Waals surface area contributed by atoms with Gasteiger partial charge in [0.2, 0.25) is 5.95 Å². The van der Waals surface area contributed by atoms with Gasteiger partial charge >= 0.3 is 0 Å². The van der Waals surface area contributed by atoms with Crippen molar-refractivity contribution >= 4 is 22.8 Å². The summed E-state index contributed by atoms with van der Waals surface area (Å²) in [4.78, 5) is 28.6. The molecule has 4 rings (SSSR count). The molecule has 1 aliphatic rings. The van der Waals surface area contributed by atoms with Crippen molar-refractivity contribution < 1.29 is 9.53 Å². The van der Waals surface area contributed by atoms with Gasteiger partial charge in [-0.05, 0) is 18.2 Å². The summed E-state index contributed by atoms with van der Waals surface area (Å²) in [6.07, 6.45) is 1.47. The van der Waals surface area contributed by atoms with Crippen molar-refractivity contribution in [1.29, 1.82) is 0 Å². The molecule has 1 fully saturated rings. The second-order valence-corrected chi connectivity index (χ2v) is 6.56. The van der Waals surface area contributed by atoms with Crippen molar-refractivity contribution in [3.63, 3.8) is 0 Å². The number of ether oxygens (including phenoxy) is 1. The van der Waals surface area contributed by atoms with Gasteiger partial charge in [0.05, 0.1) is 18.8 Å². The number of hydrogen-bond donors (Lipinski definition) is 1. The topological polar surface area (TPSA) is 74.4 Å². The molecule has 1 atom stereocenters. The van der Waals surface area contributed by atoms with Crippen LogP contribution in [0.1, 0.15) is 22.3 Å². The van der Waals surface area contributed by atoms with Gasteiger partial charge < -0.3 is 19.5 Å². The molecule has 2 aromatic heterocycles. The monoisotopic (exact) mass is 351 g/mol. The fourth-order valence-electron chi connectivity index (χ4n) is 3.13. The molecule has 0 unspecified atom stereocenters. The molecule has 0 saturated carbocycles. The zero-order valence-electron chi connectivity index (χ0n) is 14.8. The van der Waals surface area contributed by atoms with Crippen LogP contribution in [0.3, 0.4) is 0 Å². The molecular formula is C19H21N5O2. The van der Waals surface area contributed by atoms with E-state index in [0.29, 0.717) is 31.3 Å². The summed E-state index contributed by atoms with van der Waals surface area (Å²) in [6.45, 7) is 1.52. The molecule has 26 heavy (non-hydrogen) atoms. The van der Waals surface area contributed by atoms with Gasteiger partial charge in [-0.15, -0.1) is 0 Å². The van der Waals surface area contributed by atoms with Gasteiger partial charge in [-0.25, -0.2) is 9.97 Å². The van der Waals surface area contributed by atoms with E-state index in [2.05, 4.69) is 15.0 Å². The summed E-state index contributed by atoms with van der Waals surface area (Å²) in [5, 5.41) is 1.03. The number of carbonyl (C=O) groups is 1. The minimum absolute atomic E-state index is 0.0172. The molecule has 7 nitrogen and oxygen atoms in total. The second kappa shape index (κ2) is 6.76. The van der Waals surface area contributed by atoms with Crippen LogP contribution in [0.25, 0.3) is 10.9 Å². The Labute approximate surface area is 151 Å². The van der Waals surface area contributed by atoms with Crippen LogP contribution in [0.5, 0.6) is 0 Å². The zero-order chi connectivity index (χ0) is 18.1. The van der Waals surface area contributed by atoms with Gasteiger partial charge in [-0.2, -0.15) is 0 Å². The minimum atomic E-state index is -0.251. The Balaban J connectivity index is 1.54. The lowest BCUT2D eigenvalue weighted by Crippen LogP contribution is -2.42. The highest BCUT2D eigenvalue weighted by Crippen LogP contribution is 2.23. The van der Waals surface area contributed by atoms with E-state index in [0.717, 1.165) is 16.6 Å². The number of fused-ring (bicyclic) bond motifs is 1. The van der Waals surface area contributed by atoms with Crippen molar-refractivity contribution in [3.8, 4) is 0 Å². The van der Waals surface area contributed by atoms with E-state index in [1.807, 2.05) is 60.3 Å². The van der Waals surface area contributed by atoms with Crippen molar-refractivity contribution in [2.24, 2.45) is 0 Å². The fraction of sp³-hybridized carbons (Fsp3) is 0.316. The normalized spacial score (nSPS) is 17.5. The number of rotatable bonds is 3. The number of aromatic nitrogens is 3. The van der Waals surface area contributed by atoms with E-state index in [9.17, 15) is 4.79 Å². The lowest BCUT2D eigenvalue weighted by Gasteiger charge is -2.32. The number of morpholine rings is 1. The number of hydrogen-bond acceptors (Lipinski definition) is 5. The van der Waals surface area contributed by atoms with Gasteiger partial charge in [0.1, 0.15) is 11.8 Å². The first-order valence-electron chi connectivity index (χ1n) is 8.61. The molecule has 1 N–H and O–H groups in total. The summed E-state index contributed by atoms with van der Waals surface area (Å²) < 4.78 is 5.86. The number of H-pyrrole nitrogens is 1. The Morgan fingerprint density at radius 1 is 1.31 bits per heavy atom. The lowest BCUT2D eigenvalue weighted by atomic mass is 10.2. The number of benzene rings is 1. The van der Waals surface area contributed by atoms with Crippen molar-refractivity contribution in [2.75, 3.05) is 38.7 Å². The molecule has 0 aliphatic carbocycles. The van der Waals surface area contributed by atoms with Crippen molar-refractivity contribution in [3.05, 3.63) is 54.0 Å². The Kier molecular flexibility index (Phi) is 4.30. The Hall–Kier alpha value is -2.93. The molecular weight excluding hydrogens is 330 g/mol. The Morgan fingerprint density at radius 3 is 2.96 bits per heavy atom. The van der Waals surface area contributed by atoms with E-state index < -0.39 is 0 Å². The van der Waals surface area contributed by atoms with E-state index in [4.69, 9.17) is 4.74 Å². The number of amides is 1. The van der Waals surface area contributed by atoms with Gasteiger partial charge in [0, 0.05) is 37.7 Å². The average molecular weight is 351 g/mol. The van der Waals surface area contributed by atoms with Crippen molar-refractivity contribution in [2.45, 2.75) is 6.10 Å². The van der Waals surface area contributed by atoms with Crippen LogP contribution in [0, 0.1) is 0 Å². The van der Waals surface area contributed by atoms with E-state index >= 15 is 0 Å². The third-order valence-corrected chi connectivity index (χ3v) is 4.51. The summed E-state index contributed by atoms with van der Waals surface area (Å²) >= 11 is 0. The minimum Gasteiger partial charge on any atom is -0.368 e. The van der Waals surface area contributed by atoms with Crippen LogP contribution in [0.15, 0.2) is 42.6 Å². The number of para-hydroxylation sites is 1. The highest BCUT2D eigenvalue weighted by atomic mass is 16.5. The molecule has 134 valence electrons. The molecule has 1 amide bonds. The summed E-state index contributed by atoms with van der Waals surface area (Å²) in [7, 11) is 3.79. The molecule has 1 aromatic carbocycles. The first kappa shape index (κ1) is 16.5. The van der Waals surface area contributed by atoms with E-state index in [1.165, 1.54) is 0 Å². The van der Waals surface area contributed by atoms with E-state index in [-0.39, 0.29) is 12.0 Å². The molecule has 0 bridgehead atoms. The van der Waals surface area contributed by atoms with Crippen molar-refractivity contribution in [1.82, 2.24) is 19.9 Å². The molecule has 1 saturated heterocycles. The largest absolute Gasteiger partial charge is 0.368 e. The van der Waals surface area contributed by atoms with Gasteiger partial charge in [-0.1, -0.05) is 18.2 Å². The predicted molar refractivity (Wildman–Crippen MR) is 99.3 cm³/mol. The summed E-state index contributed by atoms with van der Waals surface area (Å²) in [5.41, 5.74) is 2.36.